The smallest absolute Gasteiger partial charge is 0.359 e. The van der Waals surface area contributed by atoms with Gasteiger partial charge < -0.3 is 4.74 Å². The molecule has 4 aromatic rings. The monoisotopic (exact) mass is 457 g/mol. The molecule has 0 radical (unpaired) electrons. The zero-order valence-electron chi connectivity index (χ0n) is 18.0. The number of nitrogens with zero attached hydrogens (tertiary/aromatic N) is 3. The molecule has 0 saturated heterocycles. The highest BCUT2D eigenvalue weighted by atomic mass is 35.5. The highest BCUT2D eigenvalue weighted by Gasteiger charge is 2.41. The van der Waals surface area contributed by atoms with Crippen LogP contribution in [0.2, 0.25) is 5.15 Å². The quantitative estimate of drug-likeness (QED) is 0.344. The number of pyridine rings is 1. The number of anilines is 1. The lowest BCUT2D eigenvalue weighted by molar-refractivity contribution is -0.552. The standard InChI is InChI=1S/C26H21ClN4O2/c1-33-23-14-24(27)28-15-19(23)13-21-26(32)31-16-22(18-10-6-3-7-11-18)29-20(25(31)30-21)12-17-8-4-2-5-9-17/h2-11,14-16,21H,12-13H2,1H3/p+1. The van der Waals surface area contributed by atoms with Crippen molar-refractivity contribution < 1.29 is 14.1 Å². The van der Waals surface area contributed by atoms with Gasteiger partial charge in [-0.1, -0.05) is 72.3 Å². The van der Waals surface area contributed by atoms with E-state index in [1.165, 1.54) is 0 Å². The third kappa shape index (κ3) is 4.30. The fraction of sp³-hybridized carbons (Fsp3) is 0.154. The van der Waals surface area contributed by atoms with Gasteiger partial charge in [0.2, 0.25) is 0 Å². The number of benzene rings is 2. The molecule has 5 rings (SSSR count). The van der Waals surface area contributed by atoms with Crippen LogP contribution < -0.4 is 14.6 Å². The maximum atomic E-state index is 13.4. The average molecular weight is 458 g/mol. The number of fused-ring (bicyclic) bond motifs is 1. The van der Waals surface area contributed by atoms with E-state index in [9.17, 15) is 4.79 Å². The lowest BCUT2D eigenvalue weighted by Crippen LogP contribution is -2.44. The largest absolute Gasteiger partial charge is 0.496 e. The Morgan fingerprint density at radius 2 is 1.82 bits per heavy atom. The van der Waals surface area contributed by atoms with Crippen molar-refractivity contribution in [1.82, 2.24) is 9.97 Å². The first-order valence-corrected chi connectivity index (χ1v) is 11.0. The fourth-order valence-electron chi connectivity index (χ4n) is 4.08. The first kappa shape index (κ1) is 21.1. The van der Waals surface area contributed by atoms with Crippen LogP contribution in [0.25, 0.3) is 11.3 Å². The topological polar surface area (TPSA) is 68.0 Å². The second-order valence-corrected chi connectivity index (χ2v) is 8.27. The Kier molecular flexibility index (Phi) is 5.75. The van der Waals surface area contributed by atoms with Gasteiger partial charge in [-0.05, 0) is 5.56 Å². The van der Waals surface area contributed by atoms with Crippen LogP contribution in [0.1, 0.15) is 21.6 Å². The van der Waals surface area contributed by atoms with Crippen LogP contribution in [0.15, 0.2) is 79.1 Å². The number of methoxy groups -OCH3 is 1. The van der Waals surface area contributed by atoms with Crippen molar-refractivity contribution in [3.8, 4) is 17.0 Å². The third-order valence-electron chi connectivity index (χ3n) is 5.71. The van der Waals surface area contributed by atoms with Gasteiger partial charge in [-0.2, -0.15) is 4.57 Å². The van der Waals surface area contributed by atoms with Crippen molar-refractivity contribution in [2.45, 2.75) is 18.9 Å². The minimum Gasteiger partial charge on any atom is -0.496 e. The highest BCUT2D eigenvalue weighted by Crippen LogP contribution is 2.27. The Labute approximate surface area is 196 Å². The summed E-state index contributed by atoms with van der Waals surface area (Å²) in [5.74, 6) is 1.28. The van der Waals surface area contributed by atoms with Gasteiger partial charge in [0.1, 0.15) is 28.5 Å². The number of halogens is 1. The minimum atomic E-state index is -0.468. The van der Waals surface area contributed by atoms with Gasteiger partial charge in [-0.25, -0.2) is 14.8 Å². The van der Waals surface area contributed by atoms with Crippen LogP contribution in [0.5, 0.6) is 5.75 Å². The van der Waals surface area contributed by atoms with Gasteiger partial charge in [-0.3, -0.25) is 5.32 Å². The molecule has 2 aromatic heterocycles. The maximum absolute atomic E-state index is 13.4. The van der Waals surface area contributed by atoms with E-state index < -0.39 is 6.04 Å². The van der Waals surface area contributed by atoms with E-state index in [0.717, 1.165) is 33.9 Å². The number of nitrogens with one attached hydrogen (secondary N) is 1. The fourth-order valence-corrected chi connectivity index (χ4v) is 4.23. The molecule has 0 fully saturated rings. The first-order chi connectivity index (χ1) is 16.1. The summed E-state index contributed by atoms with van der Waals surface area (Å²) in [5, 5.41) is 3.75. The molecule has 1 aliphatic rings. The van der Waals surface area contributed by atoms with E-state index in [2.05, 4.69) is 22.4 Å². The molecule has 0 aliphatic carbocycles. The predicted molar refractivity (Wildman–Crippen MR) is 127 cm³/mol. The molecule has 164 valence electrons. The van der Waals surface area contributed by atoms with Gasteiger partial charge >= 0.3 is 11.7 Å². The van der Waals surface area contributed by atoms with Crippen molar-refractivity contribution in [3.63, 3.8) is 0 Å². The van der Waals surface area contributed by atoms with Crippen molar-refractivity contribution in [1.29, 1.82) is 0 Å². The average Bonchev–Trinajstić information content (AvgIpc) is 3.17. The Balaban J connectivity index is 1.54. The van der Waals surface area contributed by atoms with E-state index in [-0.39, 0.29) is 5.91 Å². The van der Waals surface area contributed by atoms with Gasteiger partial charge in [0, 0.05) is 36.2 Å². The van der Waals surface area contributed by atoms with Crippen LogP contribution in [0.4, 0.5) is 5.82 Å². The van der Waals surface area contributed by atoms with E-state index in [1.807, 2.05) is 54.7 Å². The SMILES string of the molecule is COc1cc(Cl)ncc1CC1Nc2c(Cc3ccccc3)nc(-c3ccccc3)c[n+]2C1=O. The summed E-state index contributed by atoms with van der Waals surface area (Å²) in [7, 11) is 1.58. The molecule has 7 heteroatoms. The van der Waals surface area contributed by atoms with Gasteiger partial charge in [0.15, 0.2) is 6.04 Å². The van der Waals surface area contributed by atoms with Gasteiger partial charge in [0.25, 0.3) is 0 Å². The van der Waals surface area contributed by atoms with Crippen molar-refractivity contribution in [2.75, 3.05) is 12.4 Å². The van der Waals surface area contributed by atoms with Crippen LogP contribution >= 0.6 is 11.6 Å². The number of carbonyl (C=O) groups excluding carboxylic acids is 1. The highest BCUT2D eigenvalue weighted by molar-refractivity contribution is 6.29. The van der Waals surface area contributed by atoms with Crippen LogP contribution in [0.3, 0.4) is 0 Å². The molecule has 0 spiro atoms. The Bertz CT molecular complexity index is 1310. The molecule has 1 aliphatic heterocycles. The maximum Gasteiger partial charge on any atom is 0.359 e. The van der Waals surface area contributed by atoms with E-state index in [1.54, 1.807) is 23.9 Å². The molecule has 33 heavy (non-hydrogen) atoms. The molecule has 3 heterocycles. The number of aromatic nitrogens is 3. The summed E-state index contributed by atoms with van der Waals surface area (Å²) in [6, 6.07) is 21.2. The van der Waals surface area contributed by atoms with E-state index in [0.29, 0.717) is 23.7 Å². The number of hydrogen-bond acceptors (Lipinski definition) is 5. The summed E-state index contributed by atoms with van der Waals surface area (Å²) < 4.78 is 7.13. The van der Waals surface area contributed by atoms with E-state index in [4.69, 9.17) is 21.3 Å². The molecule has 2 aromatic carbocycles. The summed E-state index contributed by atoms with van der Waals surface area (Å²) in [5.41, 5.74) is 4.47. The second-order valence-electron chi connectivity index (χ2n) is 7.88. The summed E-state index contributed by atoms with van der Waals surface area (Å²) >= 11 is 6.00. The van der Waals surface area contributed by atoms with E-state index >= 15 is 0 Å². The lowest BCUT2D eigenvalue weighted by Gasteiger charge is -2.09. The Morgan fingerprint density at radius 1 is 1.09 bits per heavy atom. The zero-order valence-corrected chi connectivity index (χ0v) is 18.8. The Morgan fingerprint density at radius 3 is 2.55 bits per heavy atom. The second kappa shape index (κ2) is 9.00. The molecular weight excluding hydrogens is 436 g/mol. The summed E-state index contributed by atoms with van der Waals surface area (Å²) in [6.07, 6.45) is 4.49. The van der Waals surface area contributed by atoms with Crippen LogP contribution in [-0.4, -0.2) is 29.0 Å². The number of rotatable bonds is 6. The van der Waals surface area contributed by atoms with Crippen molar-refractivity contribution in [3.05, 3.63) is 101 Å². The third-order valence-corrected chi connectivity index (χ3v) is 5.91. The molecule has 1 unspecified atom stereocenters. The summed E-state index contributed by atoms with van der Waals surface area (Å²) in [6.45, 7) is 0. The lowest BCUT2D eigenvalue weighted by atomic mass is 10.1. The molecule has 6 nitrogen and oxygen atoms in total. The molecule has 1 atom stereocenters. The minimum absolute atomic E-state index is 0.0455. The molecular formula is C26H22ClN4O2+. The zero-order chi connectivity index (χ0) is 22.8. The Hall–Kier alpha value is -3.77. The summed E-state index contributed by atoms with van der Waals surface area (Å²) in [4.78, 5) is 22.5. The van der Waals surface area contributed by atoms with Crippen molar-refractivity contribution >= 4 is 23.3 Å². The molecule has 0 saturated carbocycles. The molecule has 0 bridgehead atoms. The van der Waals surface area contributed by atoms with Gasteiger partial charge in [-0.15, -0.1) is 0 Å². The molecule has 0 amide bonds. The van der Waals surface area contributed by atoms with Crippen LogP contribution in [0, 0.1) is 0 Å². The molecule has 1 N–H and O–H groups in total. The number of ether oxygens (including phenoxy) is 1. The normalized spacial score (nSPS) is 14.6. The first-order valence-electron chi connectivity index (χ1n) is 10.7. The van der Waals surface area contributed by atoms with Crippen molar-refractivity contribution in [2.24, 2.45) is 0 Å². The number of hydrogen-bond donors (Lipinski definition) is 1. The number of carbonyl (C=O) groups is 1. The van der Waals surface area contributed by atoms with Gasteiger partial charge in [0.05, 0.1) is 7.11 Å². The predicted octanol–water partition coefficient (Wildman–Crippen LogP) is 4.36. The van der Waals surface area contributed by atoms with Crippen LogP contribution in [-0.2, 0) is 12.8 Å².